The summed E-state index contributed by atoms with van der Waals surface area (Å²) in [5.74, 6) is 0.989. The lowest BCUT2D eigenvalue weighted by Gasteiger charge is -2.40. The van der Waals surface area contributed by atoms with Crippen LogP contribution in [0.25, 0.3) is 0 Å². The Morgan fingerprint density at radius 3 is 2.72 bits per heavy atom. The van der Waals surface area contributed by atoms with Crippen LogP contribution in [0.5, 0.6) is 0 Å². The van der Waals surface area contributed by atoms with Crippen LogP contribution >= 0.6 is 23.4 Å². The molecule has 25 heavy (non-hydrogen) atoms. The molecule has 0 aromatic carbocycles. The first kappa shape index (κ1) is 19.8. The van der Waals surface area contributed by atoms with Crippen molar-refractivity contribution in [3.8, 4) is 0 Å². The molecule has 0 bridgehead atoms. The number of amides is 2. The lowest BCUT2D eigenvalue weighted by atomic mass is 10.2. The van der Waals surface area contributed by atoms with Gasteiger partial charge in [0.1, 0.15) is 11.0 Å². The van der Waals surface area contributed by atoms with Gasteiger partial charge in [0.15, 0.2) is 5.16 Å². The van der Waals surface area contributed by atoms with E-state index in [1.165, 1.54) is 11.8 Å². The lowest BCUT2D eigenvalue weighted by Crippen LogP contribution is -2.53. The highest BCUT2D eigenvalue weighted by Gasteiger charge is 2.26. The molecule has 2 rings (SSSR count). The Bertz CT molecular complexity index is 643. The molecule has 0 radical (unpaired) electrons. The molecule has 1 N–H and O–H groups in total. The number of rotatable bonds is 5. The molecule has 1 aliphatic rings. The summed E-state index contributed by atoms with van der Waals surface area (Å²) in [5, 5.41) is 3.65. The summed E-state index contributed by atoms with van der Waals surface area (Å²) in [6.07, 6.45) is 0. The summed E-state index contributed by atoms with van der Waals surface area (Å²) < 4.78 is 0. The van der Waals surface area contributed by atoms with Gasteiger partial charge in [-0.3, -0.25) is 9.59 Å². The Hall–Kier alpha value is -1.54. The van der Waals surface area contributed by atoms with Crippen molar-refractivity contribution in [1.82, 2.24) is 20.2 Å². The van der Waals surface area contributed by atoms with Crippen molar-refractivity contribution in [2.45, 2.75) is 44.9 Å². The van der Waals surface area contributed by atoms with Gasteiger partial charge in [0.2, 0.25) is 11.8 Å². The number of piperazine rings is 1. The molecule has 1 aliphatic heterocycles. The van der Waals surface area contributed by atoms with E-state index in [1.54, 1.807) is 13.0 Å². The fraction of sp³-hybridized carbons (Fsp3) is 0.625. The zero-order valence-electron chi connectivity index (χ0n) is 15.0. The van der Waals surface area contributed by atoms with Gasteiger partial charge >= 0.3 is 0 Å². The number of carbonyl (C=O) groups is 2. The van der Waals surface area contributed by atoms with Crippen LogP contribution in [-0.4, -0.2) is 64.2 Å². The van der Waals surface area contributed by atoms with Gasteiger partial charge in [0.25, 0.3) is 0 Å². The second-order valence-corrected chi connectivity index (χ2v) is 7.68. The maximum Gasteiger partial charge on any atom is 0.230 e. The first-order valence-corrected chi connectivity index (χ1v) is 9.61. The van der Waals surface area contributed by atoms with Crippen molar-refractivity contribution in [2.24, 2.45) is 0 Å². The van der Waals surface area contributed by atoms with Crippen LogP contribution in [0.15, 0.2) is 11.2 Å². The Morgan fingerprint density at radius 2 is 2.12 bits per heavy atom. The average molecular weight is 386 g/mol. The third-order valence-corrected chi connectivity index (χ3v) is 4.84. The summed E-state index contributed by atoms with van der Waals surface area (Å²) in [5.41, 5.74) is 0. The minimum Gasteiger partial charge on any atom is -0.353 e. The predicted molar refractivity (Wildman–Crippen MR) is 100 cm³/mol. The minimum absolute atomic E-state index is 0.0613. The number of aromatic nitrogens is 2. The third-order valence-electron chi connectivity index (χ3n) is 3.80. The minimum atomic E-state index is -0.0613. The van der Waals surface area contributed by atoms with Crippen LogP contribution in [0.4, 0.5) is 5.82 Å². The molecule has 2 amide bonds. The van der Waals surface area contributed by atoms with Gasteiger partial charge in [-0.2, -0.15) is 0 Å². The number of nitrogens with zero attached hydrogens (tertiary/aromatic N) is 4. The summed E-state index contributed by atoms with van der Waals surface area (Å²) in [6, 6.07) is 1.92. The van der Waals surface area contributed by atoms with Crippen LogP contribution in [0, 0.1) is 0 Å². The molecule has 1 unspecified atom stereocenters. The van der Waals surface area contributed by atoms with E-state index in [1.807, 2.05) is 25.7 Å². The number of thioether (sulfide) groups is 1. The predicted octanol–water partition coefficient (Wildman–Crippen LogP) is 1.80. The number of anilines is 1. The van der Waals surface area contributed by atoms with E-state index in [-0.39, 0.29) is 29.7 Å². The van der Waals surface area contributed by atoms with E-state index in [2.05, 4.69) is 20.2 Å². The molecular formula is C16H24ClN5O2S. The normalized spacial score (nSPS) is 17.8. The van der Waals surface area contributed by atoms with Gasteiger partial charge in [-0.1, -0.05) is 23.4 Å². The standard InChI is InChI=1S/C16H24ClN5O2S/c1-10(2)18-15(24)9-25-16-19-13(17)7-14(20-16)21-5-6-22(12(4)23)11(3)8-21/h7,10-11H,5-6,8-9H2,1-4H3,(H,18,24). The second kappa shape index (κ2) is 8.71. The summed E-state index contributed by atoms with van der Waals surface area (Å²) in [4.78, 5) is 36.0. The second-order valence-electron chi connectivity index (χ2n) is 6.35. The highest BCUT2D eigenvalue weighted by molar-refractivity contribution is 7.99. The van der Waals surface area contributed by atoms with Crippen molar-refractivity contribution in [2.75, 3.05) is 30.3 Å². The zero-order valence-corrected chi connectivity index (χ0v) is 16.5. The number of hydrogen-bond acceptors (Lipinski definition) is 6. The Morgan fingerprint density at radius 1 is 1.40 bits per heavy atom. The quantitative estimate of drug-likeness (QED) is 0.473. The van der Waals surface area contributed by atoms with Gasteiger partial charge in [-0.05, 0) is 20.8 Å². The van der Waals surface area contributed by atoms with Crippen LogP contribution in [0.2, 0.25) is 5.15 Å². The van der Waals surface area contributed by atoms with Gasteiger partial charge in [0.05, 0.1) is 5.75 Å². The monoisotopic (exact) mass is 385 g/mol. The SMILES string of the molecule is CC(=O)N1CCN(c2cc(Cl)nc(SCC(=O)NC(C)C)n2)CC1C. The van der Waals surface area contributed by atoms with Gasteiger partial charge in [-0.25, -0.2) is 9.97 Å². The van der Waals surface area contributed by atoms with Crippen LogP contribution in [0.3, 0.4) is 0 Å². The fourth-order valence-corrected chi connectivity index (χ4v) is 3.63. The van der Waals surface area contributed by atoms with E-state index in [0.717, 1.165) is 5.82 Å². The Kier molecular flexibility index (Phi) is 6.89. The molecule has 138 valence electrons. The molecule has 1 atom stereocenters. The molecule has 0 saturated carbocycles. The van der Waals surface area contributed by atoms with E-state index in [0.29, 0.717) is 29.9 Å². The van der Waals surface area contributed by atoms with E-state index >= 15 is 0 Å². The van der Waals surface area contributed by atoms with Crippen LogP contribution in [0.1, 0.15) is 27.7 Å². The Balaban J connectivity index is 2.04. The molecule has 9 heteroatoms. The van der Waals surface area contributed by atoms with Crippen molar-refractivity contribution in [3.63, 3.8) is 0 Å². The largest absolute Gasteiger partial charge is 0.353 e. The topological polar surface area (TPSA) is 78.4 Å². The fourth-order valence-electron chi connectivity index (χ4n) is 2.74. The van der Waals surface area contributed by atoms with Crippen molar-refractivity contribution < 1.29 is 9.59 Å². The number of nitrogens with one attached hydrogen (secondary N) is 1. The van der Waals surface area contributed by atoms with Crippen molar-refractivity contribution >= 4 is 41.0 Å². The molecule has 0 spiro atoms. The molecule has 1 fully saturated rings. The van der Waals surface area contributed by atoms with E-state index in [4.69, 9.17) is 11.6 Å². The van der Waals surface area contributed by atoms with E-state index in [9.17, 15) is 9.59 Å². The molecule has 2 heterocycles. The highest BCUT2D eigenvalue weighted by Crippen LogP contribution is 2.24. The number of hydrogen-bond donors (Lipinski definition) is 1. The number of halogens is 1. The third kappa shape index (κ3) is 5.74. The number of carbonyl (C=O) groups excluding carboxylic acids is 2. The smallest absolute Gasteiger partial charge is 0.230 e. The maximum atomic E-state index is 11.8. The highest BCUT2D eigenvalue weighted by atomic mass is 35.5. The maximum absolute atomic E-state index is 11.8. The molecule has 7 nitrogen and oxygen atoms in total. The van der Waals surface area contributed by atoms with E-state index < -0.39 is 0 Å². The lowest BCUT2D eigenvalue weighted by molar-refractivity contribution is -0.131. The van der Waals surface area contributed by atoms with Crippen LogP contribution < -0.4 is 10.2 Å². The molecular weight excluding hydrogens is 362 g/mol. The first-order valence-electron chi connectivity index (χ1n) is 8.25. The average Bonchev–Trinajstić information content (AvgIpc) is 2.51. The van der Waals surface area contributed by atoms with Crippen molar-refractivity contribution in [3.05, 3.63) is 11.2 Å². The summed E-state index contributed by atoms with van der Waals surface area (Å²) in [6.45, 7) is 9.46. The summed E-state index contributed by atoms with van der Waals surface area (Å²) in [7, 11) is 0. The van der Waals surface area contributed by atoms with Crippen LogP contribution in [-0.2, 0) is 9.59 Å². The molecule has 1 aromatic heterocycles. The summed E-state index contributed by atoms with van der Waals surface area (Å²) >= 11 is 7.39. The van der Waals surface area contributed by atoms with Crippen molar-refractivity contribution in [1.29, 1.82) is 0 Å². The van der Waals surface area contributed by atoms with Gasteiger partial charge < -0.3 is 15.1 Å². The molecule has 0 aliphatic carbocycles. The van der Waals surface area contributed by atoms with Gasteiger partial charge in [-0.15, -0.1) is 0 Å². The van der Waals surface area contributed by atoms with Gasteiger partial charge in [0, 0.05) is 44.7 Å². The zero-order chi connectivity index (χ0) is 18.6. The molecule has 1 saturated heterocycles. The Labute approximate surface area is 157 Å². The molecule has 1 aromatic rings. The first-order chi connectivity index (χ1) is 11.8.